The summed E-state index contributed by atoms with van der Waals surface area (Å²) in [4.78, 5) is 0. The Labute approximate surface area is 111 Å². The van der Waals surface area contributed by atoms with Gasteiger partial charge in [0.25, 0.3) is 0 Å². The number of hydrogen-bond donors (Lipinski definition) is 1. The predicted molar refractivity (Wildman–Crippen MR) is 76.6 cm³/mol. The topological polar surface area (TPSA) is 12.0 Å². The molecule has 0 aromatic heterocycles. The summed E-state index contributed by atoms with van der Waals surface area (Å²) in [5, 5.41) is 4.33. The number of hydrogen-bond acceptors (Lipinski definition) is 1. The van der Waals surface area contributed by atoms with Crippen molar-refractivity contribution < 1.29 is 0 Å². The quantitative estimate of drug-likeness (QED) is 0.720. The van der Waals surface area contributed by atoms with Crippen molar-refractivity contribution in [2.45, 2.75) is 33.6 Å². The van der Waals surface area contributed by atoms with Gasteiger partial charge in [-0.15, -0.1) is 0 Å². The highest BCUT2D eigenvalue weighted by atomic mass is 35.5. The van der Waals surface area contributed by atoms with Crippen molar-refractivity contribution in [3.63, 3.8) is 0 Å². The zero-order chi connectivity index (χ0) is 12.7. The van der Waals surface area contributed by atoms with E-state index in [0.29, 0.717) is 0 Å². The van der Waals surface area contributed by atoms with E-state index in [-0.39, 0.29) is 0 Å². The molecule has 0 aliphatic carbocycles. The molecule has 1 rings (SSSR count). The molecule has 1 aromatic carbocycles. The van der Waals surface area contributed by atoms with E-state index in [1.165, 1.54) is 12.0 Å². The Balaban J connectivity index is 2.13. The summed E-state index contributed by atoms with van der Waals surface area (Å²) in [5.41, 5.74) is 1.35. The minimum atomic E-state index is 0.764. The fourth-order valence-electron chi connectivity index (χ4n) is 2.12. The summed E-state index contributed by atoms with van der Waals surface area (Å²) in [5.74, 6) is 1.56. The predicted octanol–water partition coefficient (Wildman–Crippen LogP) is 4.15. The average molecular weight is 254 g/mol. The molecule has 1 unspecified atom stereocenters. The summed E-state index contributed by atoms with van der Waals surface area (Å²) in [6.07, 6.45) is 2.37. The first-order chi connectivity index (χ1) is 8.08. The van der Waals surface area contributed by atoms with Crippen LogP contribution in [0.1, 0.15) is 32.8 Å². The molecule has 96 valence electrons. The van der Waals surface area contributed by atoms with E-state index in [0.717, 1.165) is 36.4 Å². The third-order valence-electron chi connectivity index (χ3n) is 2.87. The van der Waals surface area contributed by atoms with Crippen LogP contribution in [0, 0.1) is 11.8 Å². The second-order valence-corrected chi connectivity index (χ2v) is 5.75. The minimum absolute atomic E-state index is 0.764. The average Bonchev–Trinajstić information content (AvgIpc) is 2.26. The van der Waals surface area contributed by atoms with E-state index in [9.17, 15) is 0 Å². The maximum Gasteiger partial charge on any atom is 0.0406 e. The van der Waals surface area contributed by atoms with E-state index in [4.69, 9.17) is 11.6 Å². The molecule has 17 heavy (non-hydrogen) atoms. The van der Waals surface area contributed by atoms with Gasteiger partial charge in [0.05, 0.1) is 0 Å². The highest BCUT2D eigenvalue weighted by molar-refractivity contribution is 6.30. The van der Waals surface area contributed by atoms with Crippen LogP contribution >= 0.6 is 11.6 Å². The molecular weight excluding hydrogens is 230 g/mol. The van der Waals surface area contributed by atoms with Gasteiger partial charge in [-0.3, -0.25) is 0 Å². The first kappa shape index (κ1) is 14.5. The van der Waals surface area contributed by atoms with Gasteiger partial charge in [0.1, 0.15) is 0 Å². The SMILES string of the molecule is CC(C)CC(C)CNCCc1ccc(Cl)cc1. The van der Waals surface area contributed by atoms with Gasteiger partial charge in [-0.25, -0.2) is 0 Å². The Bertz CT molecular complexity index is 305. The van der Waals surface area contributed by atoms with Crippen molar-refractivity contribution in [3.05, 3.63) is 34.9 Å². The van der Waals surface area contributed by atoms with Crippen LogP contribution in [-0.4, -0.2) is 13.1 Å². The van der Waals surface area contributed by atoms with Crippen molar-refractivity contribution >= 4 is 11.6 Å². The van der Waals surface area contributed by atoms with Crippen molar-refractivity contribution in [1.29, 1.82) is 0 Å². The van der Waals surface area contributed by atoms with Gasteiger partial charge < -0.3 is 5.32 Å². The second-order valence-electron chi connectivity index (χ2n) is 5.32. The Kier molecular flexibility index (Phi) is 6.61. The van der Waals surface area contributed by atoms with Gasteiger partial charge in [0.15, 0.2) is 0 Å². The van der Waals surface area contributed by atoms with Gasteiger partial charge in [-0.1, -0.05) is 44.5 Å². The monoisotopic (exact) mass is 253 g/mol. The second kappa shape index (κ2) is 7.73. The Morgan fingerprint density at radius 3 is 2.35 bits per heavy atom. The third kappa shape index (κ3) is 6.70. The third-order valence-corrected chi connectivity index (χ3v) is 3.12. The molecule has 1 atom stereocenters. The molecule has 0 radical (unpaired) electrons. The summed E-state index contributed by atoms with van der Waals surface area (Å²) in [6, 6.07) is 8.11. The van der Waals surface area contributed by atoms with Crippen LogP contribution in [0.15, 0.2) is 24.3 Å². The van der Waals surface area contributed by atoms with Crippen LogP contribution < -0.4 is 5.32 Å². The molecule has 0 saturated heterocycles. The first-order valence-electron chi connectivity index (χ1n) is 6.53. The van der Waals surface area contributed by atoms with Crippen LogP contribution in [0.5, 0.6) is 0 Å². The maximum atomic E-state index is 5.85. The first-order valence-corrected chi connectivity index (χ1v) is 6.91. The number of nitrogens with one attached hydrogen (secondary N) is 1. The van der Waals surface area contributed by atoms with Crippen LogP contribution in [0.25, 0.3) is 0 Å². The molecule has 0 fully saturated rings. The van der Waals surface area contributed by atoms with E-state index in [2.05, 4.69) is 38.2 Å². The van der Waals surface area contributed by atoms with Crippen molar-refractivity contribution in [3.8, 4) is 0 Å². The molecule has 0 heterocycles. The fourth-order valence-corrected chi connectivity index (χ4v) is 2.25. The molecule has 0 aliphatic heterocycles. The van der Waals surface area contributed by atoms with Crippen LogP contribution in [-0.2, 0) is 6.42 Å². The van der Waals surface area contributed by atoms with Crippen LogP contribution in [0.3, 0.4) is 0 Å². The Morgan fingerprint density at radius 2 is 1.76 bits per heavy atom. The molecular formula is C15H24ClN. The lowest BCUT2D eigenvalue weighted by Crippen LogP contribution is -2.24. The van der Waals surface area contributed by atoms with Gasteiger partial charge in [0, 0.05) is 5.02 Å². The molecule has 0 aliphatic rings. The Hall–Kier alpha value is -0.530. The van der Waals surface area contributed by atoms with Crippen molar-refractivity contribution in [1.82, 2.24) is 5.32 Å². The zero-order valence-electron chi connectivity index (χ0n) is 11.2. The minimum Gasteiger partial charge on any atom is -0.316 e. The Morgan fingerprint density at radius 1 is 1.12 bits per heavy atom. The lowest BCUT2D eigenvalue weighted by atomic mass is 9.99. The molecule has 0 saturated carbocycles. The molecule has 0 bridgehead atoms. The number of benzene rings is 1. The fraction of sp³-hybridized carbons (Fsp3) is 0.600. The molecule has 2 heteroatoms. The van der Waals surface area contributed by atoms with Gasteiger partial charge in [-0.05, 0) is 55.5 Å². The van der Waals surface area contributed by atoms with E-state index in [1.807, 2.05) is 12.1 Å². The normalized spacial score (nSPS) is 13.0. The van der Waals surface area contributed by atoms with Gasteiger partial charge in [-0.2, -0.15) is 0 Å². The number of halogens is 1. The van der Waals surface area contributed by atoms with Crippen molar-refractivity contribution in [2.75, 3.05) is 13.1 Å². The van der Waals surface area contributed by atoms with Gasteiger partial charge in [0.2, 0.25) is 0 Å². The summed E-state index contributed by atoms with van der Waals surface area (Å²) in [7, 11) is 0. The summed E-state index contributed by atoms with van der Waals surface area (Å²) in [6.45, 7) is 9.04. The lowest BCUT2D eigenvalue weighted by Gasteiger charge is -2.14. The maximum absolute atomic E-state index is 5.85. The highest BCUT2D eigenvalue weighted by Crippen LogP contribution is 2.11. The van der Waals surface area contributed by atoms with Gasteiger partial charge >= 0.3 is 0 Å². The smallest absolute Gasteiger partial charge is 0.0406 e. The van der Waals surface area contributed by atoms with Crippen LogP contribution in [0.4, 0.5) is 0 Å². The summed E-state index contributed by atoms with van der Waals surface area (Å²) < 4.78 is 0. The highest BCUT2D eigenvalue weighted by Gasteiger charge is 2.04. The lowest BCUT2D eigenvalue weighted by molar-refractivity contribution is 0.415. The summed E-state index contributed by atoms with van der Waals surface area (Å²) >= 11 is 5.85. The zero-order valence-corrected chi connectivity index (χ0v) is 11.9. The van der Waals surface area contributed by atoms with E-state index < -0.39 is 0 Å². The van der Waals surface area contributed by atoms with E-state index in [1.54, 1.807) is 0 Å². The largest absolute Gasteiger partial charge is 0.316 e. The standard InChI is InChI=1S/C15H24ClN/c1-12(2)10-13(3)11-17-9-8-14-4-6-15(16)7-5-14/h4-7,12-13,17H,8-11H2,1-3H3. The molecule has 0 amide bonds. The molecule has 1 aromatic rings. The van der Waals surface area contributed by atoms with Crippen molar-refractivity contribution in [2.24, 2.45) is 11.8 Å². The molecule has 0 spiro atoms. The molecule has 1 N–H and O–H groups in total. The molecule has 1 nitrogen and oxygen atoms in total. The van der Waals surface area contributed by atoms with Crippen LogP contribution in [0.2, 0.25) is 5.02 Å². The van der Waals surface area contributed by atoms with E-state index >= 15 is 0 Å². The number of rotatable bonds is 7.